The number of thiocarbonyl (C=S) groups is 1. The van der Waals surface area contributed by atoms with E-state index in [1.165, 1.54) is 0 Å². The SMILES string of the molecule is COC(=S)C(=C(C)OC)c1ccccc1. The number of ether oxygens (including phenoxy) is 2. The molecule has 1 aromatic carbocycles. The van der Waals surface area contributed by atoms with Crippen LogP contribution < -0.4 is 0 Å². The Morgan fingerprint density at radius 1 is 1.07 bits per heavy atom. The van der Waals surface area contributed by atoms with E-state index in [2.05, 4.69) is 0 Å². The zero-order valence-corrected chi connectivity index (χ0v) is 9.93. The van der Waals surface area contributed by atoms with E-state index >= 15 is 0 Å². The van der Waals surface area contributed by atoms with Crippen LogP contribution in [0, 0.1) is 0 Å². The highest BCUT2D eigenvalue weighted by Gasteiger charge is 2.12. The standard InChI is InChI=1S/C12H14O2S/c1-9(13-2)11(12(15)14-3)10-7-5-4-6-8-10/h4-8H,1-3H3. The molecule has 0 N–H and O–H groups in total. The molecule has 3 heteroatoms. The minimum Gasteiger partial charge on any atom is -0.501 e. The summed E-state index contributed by atoms with van der Waals surface area (Å²) in [5.74, 6) is 0.757. The van der Waals surface area contributed by atoms with Crippen LogP contribution in [0.4, 0.5) is 0 Å². The summed E-state index contributed by atoms with van der Waals surface area (Å²) in [6.07, 6.45) is 0. The molecular formula is C12H14O2S. The summed E-state index contributed by atoms with van der Waals surface area (Å²) < 4.78 is 10.3. The number of benzene rings is 1. The van der Waals surface area contributed by atoms with Crippen LogP contribution in [0.5, 0.6) is 0 Å². The number of rotatable bonds is 3. The van der Waals surface area contributed by atoms with E-state index in [-0.39, 0.29) is 0 Å². The van der Waals surface area contributed by atoms with Crippen molar-refractivity contribution >= 4 is 22.8 Å². The second-order valence-electron chi connectivity index (χ2n) is 2.99. The Labute approximate surface area is 95.5 Å². The summed E-state index contributed by atoms with van der Waals surface area (Å²) in [6.45, 7) is 1.87. The summed E-state index contributed by atoms with van der Waals surface area (Å²) in [4.78, 5) is 0. The molecular weight excluding hydrogens is 208 g/mol. The van der Waals surface area contributed by atoms with E-state index < -0.39 is 0 Å². The van der Waals surface area contributed by atoms with Gasteiger partial charge in [0.2, 0.25) is 0 Å². The third-order valence-corrected chi connectivity index (χ3v) is 2.48. The fraction of sp³-hybridized carbons (Fsp3) is 0.250. The highest BCUT2D eigenvalue weighted by molar-refractivity contribution is 7.81. The average molecular weight is 222 g/mol. The first kappa shape index (κ1) is 11.7. The maximum Gasteiger partial charge on any atom is 0.194 e. The van der Waals surface area contributed by atoms with Gasteiger partial charge < -0.3 is 9.47 Å². The Bertz CT molecular complexity index is 368. The monoisotopic (exact) mass is 222 g/mol. The summed E-state index contributed by atoms with van der Waals surface area (Å²) in [6, 6.07) is 9.82. The molecule has 0 heterocycles. The molecule has 80 valence electrons. The maximum absolute atomic E-state index is 5.20. The van der Waals surface area contributed by atoms with Crippen molar-refractivity contribution in [2.75, 3.05) is 14.2 Å². The Morgan fingerprint density at radius 2 is 1.67 bits per heavy atom. The highest BCUT2D eigenvalue weighted by atomic mass is 32.1. The topological polar surface area (TPSA) is 18.5 Å². The molecule has 1 rings (SSSR count). The molecule has 0 aliphatic rings. The van der Waals surface area contributed by atoms with Crippen molar-refractivity contribution in [3.05, 3.63) is 41.7 Å². The number of allylic oxidation sites excluding steroid dienone is 1. The first-order valence-electron chi connectivity index (χ1n) is 4.59. The quantitative estimate of drug-likeness (QED) is 0.445. The molecule has 0 aliphatic heterocycles. The predicted octanol–water partition coefficient (Wildman–Crippen LogP) is 3.04. The van der Waals surface area contributed by atoms with Crippen molar-refractivity contribution in [1.82, 2.24) is 0 Å². The lowest BCUT2D eigenvalue weighted by Gasteiger charge is -2.11. The van der Waals surface area contributed by atoms with Gasteiger partial charge in [0.1, 0.15) is 5.76 Å². The number of hydrogen-bond donors (Lipinski definition) is 0. The Kier molecular flexibility index (Phi) is 4.31. The zero-order valence-electron chi connectivity index (χ0n) is 9.11. The minimum absolute atomic E-state index is 0.445. The Hall–Kier alpha value is -1.35. The second kappa shape index (κ2) is 5.51. The van der Waals surface area contributed by atoms with Gasteiger partial charge in [-0.05, 0) is 24.7 Å². The molecule has 0 aromatic heterocycles. The molecule has 0 amide bonds. The van der Waals surface area contributed by atoms with E-state index in [4.69, 9.17) is 21.7 Å². The van der Waals surface area contributed by atoms with Gasteiger partial charge in [-0.25, -0.2) is 0 Å². The van der Waals surface area contributed by atoms with E-state index in [1.807, 2.05) is 37.3 Å². The summed E-state index contributed by atoms with van der Waals surface area (Å²) >= 11 is 5.14. The minimum atomic E-state index is 0.445. The van der Waals surface area contributed by atoms with Gasteiger partial charge in [0, 0.05) is 0 Å². The van der Waals surface area contributed by atoms with Crippen molar-refractivity contribution in [2.24, 2.45) is 0 Å². The molecule has 0 saturated heterocycles. The van der Waals surface area contributed by atoms with Gasteiger partial charge in [-0.2, -0.15) is 0 Å². The average Bonchev–Trinajstić information content (AvgIpc) is 2.30. The molecule has 15 heavy (non-hydrogen) atoms. The Morgan fingerprint density at radius 3 is 2.13 bits per heavy atom. The van der Waals surface area contributed by atoms with Crippen molar-refractivity contribution < 1.29 is 9.47 Å². The van der Waals surface area contributed by atoms with Crippen LogP contribution in [-0.2, 0) is 9.47 Å². The summed E-state index contributed by atoms with van der Waals surface area (Å²) in [5, 5.41) is 0.445. The lowest BCUT2D eigenvalue weighted by Crippen LogP contribution is -2.04. The molecule has 2 nitrogen and oxygen atoms in total. The van der Waals surface area contributed by atoms with E-state index in [0.29, 0.717) is 5.05 Å². The fourth-order valence-electron chi connectivity index (χ4n) is 1.27. The highest BCUT2D eigenvalue weighted by Crippen LogP contribution is 2.21. The van der Waals surface area contributed by atoms with Crippen LogP contribution >= 0.6 is 12.2 Å². The van der Waals surface area contributed by atoms with Crippen molar-refractivity contribution in [1.29, 1.82) is 0 Å². The second-order valence-corrected chi connectivity index (χ2v) is 3.36. The molecule has 0 fully saturated rings. The van der Waals surface area contributed by atoms with E-state index in [1.54, 1.807) is 14.2 Å². The largest absolute Gasteiger partial charge is 0.501 e. The van der Waals surface area contributed by atoms with Gasteiger partial charge in [-0.15, -0.1) is 0 Å². The molecule has 0 saturated carbocycles. The van der Waals surface area contributed by atoms with Gasteiger partial charge in [0.25, 0.3) is 0 Å². The summed E-state index contributed by atoms with van der Waals surface area (Å²) in [5.41, 5.74) is 1.83. The van der Waals surface area contributed by atoms with Crippen LogP contribution in [0.3, 0.4) is 0 Å². The van der Waals surface area contributed by atoms with Crippen molar-refractivity contribution in [3.63, 3.8) is 0 Å². The first-order valence-corrected chi connectivity index (χ1v) is 5.00. The number of methoxy groups -OCH3 is 2. The summed E-state index contributed by atoms with van der Waals surface area (Å²) in [7, 11) is 3.19. The van der Waals surface area contributed by atoms with E-state index in [0.717, 1.165) is 16.9 Å². The van der Waals surface area contributed by atoms with Gasteiger partial charge in [0.05, 0.1) is 19.8 Å². The third-order valence-electron chi connectivity index (χ3n) is 2.11. The molecule has 0 spiro atoms. The molecule has 0 bridgehead atoms. The normalized spacial score (nSPS) is 11.7. The van der Waals surface area contributed by atoms with E-state index in [9.17, 15) is 0 Å². The van der Waals surface area contributed by atoms with Gasteiger partial charge in [-0.1, -0.05) is 30.3 Å². The fourth-order valence-corrected chi connectivity index (χ4v) is 1.54. The lowest BCUT2D eigenvalue weighted by atomic mass is 10.1. The molecule has 0 radical (unpaired) electrons. The zero-order chi connectivity index (χ0) is 11.3. The molecule has 0 aliphatic carbocycles. The van der Waals surface area contributed by atoms with Gasteiger partial charge in [-0.3, -0.25) is 0 Å². The van der Waals surface area contributed by atoms with Crippen molar-refractivity contribution in [3.8, 4) is 0 Å². The van der Waals surface area contributed by atoms with Crippen LogP contribution in [-0.4, -0.2) is 19.3 Å². The van der Waals surface area contributed by atoms with Crippen LogP contribution in [0.1, 0.15) is 12.5 Å². The smallest absolute Gasteiger partial charge is 0.194 e. The van der Waals surface area contributed by atoms with Gasteiger partial charge >= 0.3 is 0 Å². The maximum atomic E-state index is 5.20. The van der Waals surface area contributed by atoms with Gasteiger partial charge in [0.15, 0.2) is 5.05 Å². The molecule has 0 unspecified atom stereocenters. The van der Waals surface area contributed by atoms with Crippen LogP contribution in [0.15, 0.2) is 36.1 Å². The number of hydrogen-bond acceptors (Lipinski definition) is 3. The van der Waals surface area contributed by atoms with Crippen LogP contribution in [0.2, 0.25) is 0 Å². The first-order chi connectivity index (χ1) is 7.20. The van der Waals surface area contributed by atoms with Crippen molar-refractivity contribution in [2.45, 2.75) is 6.92 Å². The molecule has 0 atom stereocenters. The predicted molar refractivity (Wildman–Crippen MR) is 65.7 cm³/mol. The Balaban J connectivity index is 3.20. The molecule has 1 aromatic rings. The van der Waals surface area contributed by atoms with Crippen LogP contribution in [0.25, 0.3) is 5.57 Å². The third kappa shape index (κ3) is 2.80. The lowest BCUT2D eigenvalue weighted by molar-refractivity contribution is 0.295.